The predicted molar refractivity (Wildman–Crippen MR) is 201 cm³/mol. The highest BCUT2D eigenvalue weighted by Crippen LogP contribution is 2.40. The third-order valence-corrected chi connectivity index (χ3v) is 8.84. The van der Waals surface area contributed by atoms with Crippen LogP contribution >= 0.6 is 0 Å². The van der Waals surface area contributed by atoms with Gasteiger partial charge in [0.25, 0.3) is 0 Å². The number of rotatable bonds is 22. The van der Waals surface area contributed by atoms with Gasteiger partial charge in [-0.25, -0.2) is 0 Å². The predicted octanol–water partition coefficient (Wildman–Crippen LogP) is 11.3. The van der Waals surface area contributed by atoms with E-state index in [1.165, 1.54) is 38.5 Å². The van der Waals surface area contributed by atoms with Gasteiger partial charge in [-0.3, -0.25) is 0 Å². The van der Waals surface area contributed by atoms with E-state index in [4.69, 9.17) is 28.4 Å². The van der Waals surface area contributed by atoms with Gasteiger partial charge in [-0.2, -0.15) is 0 Å². The molecule has 0 amide bonds. The number of hydrogen-bond donors (Lipinski definition) is 0. The van der Waals surface area contributed by atoms with Gasteiger partial charge in [-0.1, -0.05) is 115 Å². The second-order valence-corrected chi connectivity index (χ2v) is 12.3. The Morgan fingerprint density at radius 1 is 0.479 bits per heavy atom. The van der Waals surface area contributed by atoms with E-state index in [2.05, 4.69) is 76.3 Å². The Hall–Kier alpha value is -4.06. The highest BCUT2D eigenvalue weighted by Gasteiger charge is 2.17. The smallest absolute Gasteiger partial charge is 0.203 e. The molecular formula is C42H58O6. The summed E-state index contributed by atoms with van der Waals surface area (Å²) in [6.45, 7) is 10.2. The number of hydrogen-bond acceptors (Lipinski definition) is 6. The van der Waals surface area contributed by atoms with E-state index >= 15 is 0 Å². The largest absolute Gasteiger partial charge is 0.493 e. The summed E-state index contributed by atoms with van der Waals surface area (Å²) in [5, 5.41) is 0. The van der Waals surface area contributed by atoms with E-state index in [-0.39, 0.29) is 0 Å². The van der Waals surface area contributed by atoms with Crippen LogP contribution in [0.4, 0.5) is 0 Å². The molecule has 262 valence electrons. The third kappa shape index (κ3) is 11.6. The molecule has 0 spiro atoms. The molecule has 0 aliphatic heterocycles. The molecule has 2 unspecified atom stereocenters. The van der Waals surface area contributed by atoms with Crippen molar-refractivity contribution in [3.05, 3.63) is 70.8 Å². The first kappa shape index (κ1) is 38.4. The molecule has 0 saturated heterocycles. The second kappa shape index (κ2) is 21.0. The monoisotopic (exact) mass is 658 g/mol. The topological polar surface area (TPSA) is 55.4 Å². The molecule has 2 atom stereocenters. The summed E-state index contributed by atoms with van der Waals surface area (Å²) in [5.41, 5.74) is 4.14. The Morgan fingerprint density at radius 2 is 0.833 bits per heavy atom. The van der Waals surface area contributed by atoms with E-state index in [0.29, 0.717) is 59.5 Å². The van der Waals surface area contributed by atoms with Crippen molar-refractivity contribution < 1.29 is 28.4 Å². The van der Waals surface area contributed by atoms with Crippen molar-refractivity contribution in [3.63, 3.8) is 0 Å². The summed E-state index contributed by atoms with van der Waals surface area (Å²) in [7, 11) is 6.62. The van der Waals surface area contributed by atoms with Gasteiger partial charge in [-0.15, -0.1) is 0 Å². The molecule has 0 radical (unpaired) electrons. The molecule has 0 bridgehead atoms. The standard InChI is InChI=1S/C42H58O6/c1-9-13-15-31(11-3)29-47-39-27-35(25-37(43-5)41(39)45-7)23-21-33-17-19-34(20-18-33)22-24-36-26-38(44-6)42(46-8)40(28-36)48-30-32(12-4)16-14-10-2/h17-28,31-32H,9-16,29-30H2,1-8H3/b23-21+,24-22+. The van der Waals surface area contributed by atoms with Gasteiger partial charge in [0.1, 0.15) is 0 Å². The van der Waals surface area contributed by atoms with E-state index in [1.54, 1.807) is 28.4 Å². The van der Waals surface area contributed by atoms with Gasteiger partial charge >= 0.3 is 0 Å². The summed E-state index contributed by atoms with van der Waals surface area (Å²) >= 11 is 0. The molecule has 0 heterocycles. The maximum Gasteiger partial charge on any atom is 0.203 e. The number of methoxy groups -OCH3 is 4. The van der Waals surface area contributed by atoms with Gasteiger partial charge in [0.2, 0.25) is 11.5 Å². The van der Waals surface area contributed by atoms with Gasteiger partial charge in [0.15, 0.2) is 23.0 Å². The molecule has 0 saturated carbocycles. The zero-order valence-corrected chi connectivity index (χ0v) is 30.6. The van der Waals surface area contributed by atoms with Crippen LogP contribution in [0.1, 0.15) is 101 Å². The normalized spacial score (nSPS) is 12.7. The van der Waals surface area contributed by atoms with Crippen molar-refractivity contribution in [1.29, 1.82) is 0 Å². The number of ether oxygens (including phenoxy) is 6. The van der Waals surface area contributed by atoms with Gasteiger partial charge in [-0.05, 0) is 71.2 Å². The summed E-state index contributed by atoms with van der Waals surface area (Å²) < 4.78 is 35.3. The molecule has 0 N–H and O–H groups in total. The summed E-state index contributed by atoms with van der Waals surface area (Å²) in [6, 6.07) is 16.4. The quantitative estimate of drug-likeness (QED) is 0.100. The lowest BCUT2D eigenvalue weighted by atomic mass is 10.0. The second-order valence-electron chi connectivity index (χ2n) is 12.3. The van der Waals surface area contributed by atoms with Crippen molar-refractivity contribution in [1.82, 2.24) is 0 Å². The van der Waals surface area contributed by atoms with Crippen molar-refractivity contribution in [3.8, 4) is 34.5 Å². The Morgan fingerprint density at radius 3 is 1.15 bits per heavy atom. The first-order valence-corrected chi connectivity index (χ1v) is 17.7. The zero-order chi connectivity index (χ0) is 34.7. The molecule has 0 aliphatic rings. The Kier molecular flexibility index (Phi) is 16.8. The highest BCUT2D eigenvalue weighted by molar-refractivity contribution is 5.75. The molecule has 3 rings (SSSR count). The van der Waals surface area contributed by atoms with E-state index in [1.807, 2.05) is 24.3 Å². The van der Waals surface area contributed by atoms with Crippen LogP contribution in [0.3, 0.4) is 0 Å². The minimum absolute atomic E-state index is 0.517. The van der Waals surface area contributed by atoms with Crippen LogP contribution < -0.4 is 28.4 Å². The first-order chi connectivity index (χ1) is 23.4. The minimum atomic E-state index is 0.517. The number of unbranched alkanes of at least 4 members (excludes halogenated alkanes) is 2. The molecule has 3 aromatic rings. The summed E-state index contributed by atoms with van der Waals surface area (Å²) in [4.78, 5) is 0. The van der Waals surface area contributed by atoms with Crippen LogP contribution in [0, 0.1) is 11.8 Å². The van der Waals surface area contributed by atoms with Gasteiger partial charge in [0, 0.05) is 0 Å². The lowest BCUT2D eigenvalue weighted by Gasteiger charge is -2.19. The molecular weight excluding hydrogens is 600 g/mol. The molecule has 0 aliphatic carbocycles. The summed E-state index contributed by atoms with van der Waals surface area (Å²) in [5.74, 6) is 5.01. The molecule has 6 heteroatoms. The van der Waals surface area contributed by atoms with Crippen LogP contribution in [0.2, 0.25) is 0 Å². The molecule has 0 fully saturated rings. The fourth-order valence-corrected chi connectivity index (χ4v) is 5.62. The van der Waals surface area contributed by atoms with Crippen LogP contribution in [0.15, 0.2) is 48.5 Å². The van der Waals surface area contributed by atoms with E-state index in [9.17, 15) is 0 Å². The van der Waals surface area contributed by atoms with Crippen molar-refractivity contribution in [2.45, 2.75) is 79.1 Å². The average molecular weight is 659 g/mol. The molecule has 6 nitrogen and oxygen atoms in total. The SMILES string of the molecule is CCCCC(CC)COc1cc(/C=C/c2ccc(/C=C/c3cc(OC)c(OC)c(OCC(CC)CCCC)c3)cc2)cc(OC)c1OC. The third-order valence-electron chi connectivity index (χ3n) is 8.84. The van der Waals surface area contributed by atoms with Crippen molar-refractivity contribution in [2.24, 2.45) is 11.8 Å². The molecule has 3 aromatic carbocycles. The fourth-order valence-electron chi connectivity index (χ4n) is 5.62. The van der Waals surface area contributed by atoms with Crippen LogP contribution in [-0.4, -0.2) is 41.7 Å². The van der Waals surface area contributed by atoms with Gasteiger partial charge in [0.05, 0.1) is 41.7 Å². The average Bonchev–Trinajstić information content (AvgIpc) is 3.12. The molecule has 48 heavy (non-hydrogen) atoms. The maximum atomic E-state index is 6.30. The van der Waals surface area contributed by atoms with Crippen LogP contribution in [-0.2, 0) is 0 Å². The van der Waals surface area contributed by atoms with Crippen molar-refractivity contribution in [2.75, 3.05) is 41.7 Å². The van der Waals surface area contributed by atoms with E-state index in [0.717, 1.165) is 35.1 Å². The summed E-state index contributed by atoms with van der Waals surface area (Å²) in [6.07, 6.45) is 17.7. The van der Waals surface area contributed by atoms with E-state index < -0.39 is 0 Å². The van der Waals surface area contributed by atoms with Crippen molar-refractivity contribution >= 4 is 24.3 Å². The lowest BCUT2D eigenvalue weighted by molar-refractivity contribution is 0.221. The van der Waals surface area contributed by atoms with Crippen LogP contribution in [0.5, 0.6) is 34.5 Å². The van der Waals surface area contributed by atoms with Crippen LogP contribution in [0.25, 0.3) is 24.3 Å². The minimum Gasteiger partial charge on any atom is -0.493 e. The lowest BCUT2D eigenvalue weighted by Crippen LogP contribution is -2.12. The molecule has 0 aromatic heterocycles. The fraction of sp³-hybridized carbons (Fsp3) is 0.476. The zero-order valence-electron chi connectivity index (χ0n) is 30.6. The highest BCUT2D eigenvalue weighted by atomic mass is 16.5. The maximum absolute atomic E-state index is 6.30. The Labute approximate surface area is 290 Å². The first-order valence-electron chi connectivity index (χ1n) is 17.7. The number of benzene rings is 3. The Balaban J connectivity index is 1.75. The van der Waals surface area contributed by atoms with Gasteiger partial charge < -0.3 is 28.4 Å². The Bertz CT molecular complexity index is 1320.